The normalized spacial score (nSPS) is 22.7. The molecule has 10 heteroatoms. The van der Waals surface area contributed by atoms with Gasteiger partial charge in [-0.25, -0.2) is 4.98 Å². The number of nitrogen functional groups attached to an aromatic ring is 1. The van der Waals surface area contributed by atoms with Crippen LogP contribution >= 0.6 is 0 Å². The van der Waals surface area contributed by atoms with Crippen molar-refractivity contribution in [1.29, 1.82) is 0 Å². The van der Waals surface area contributed by atoms with Crippen LogP contribution in [0.3, 0.4) is 0 Å². The molecule has 0 bridgehead atoms. The van der Waals surface area contributed by atoms with E-state index < -0.39 is 30.1 Å². The van der Waals surface area contributed by atoms with Crippen molar-refractivity contribution in [3.05, 3.63) is 76.8 Å². The highest BCUT2D eigenvalue weighted by atomic mass is 16.6. The van der Waals surface area contributed by atoms with Gasteiger partial charge in [0.1, 0.15) is 18.3 Å². The van der Waals surface area contributed by atoms with Gasteiger partial charge in [0.2, 0.25) is 5.95 Å². The molecule has 5 N–H and O–H groups in total. The molecule has 1 aliphatic heterocycles. The SMILES string of the molecule is Nc1nc2c(ncn2[C@@H]2O[C@H](COCc3ccc(-c4ccccc4)cc3)[C@@H](O)[C@H]2O)c(=O)[nH]1. The summed E-state index contributed by atoms with van der Waals surface area (Å²) in [7, 11) is 0. The van der Waals surface area contributed by atoms with Gasteiger partial charge in [0.05, 0.1) is 19.5 Å². The molecular formula is C23H23N5O5. The van der Waals surface area contributed by atoms with Crippen LogP contribution in [0.25, 0.3) is 22.3 Å². The van der Waals surface area contributed by atoms with Crippen molar-refractivity contribution in [3.63, 3.8) is 0 Å². The molecule has 1 aliphatic rings. The average molecular weight is 449 g/mol. The summed E-state index contributed by atoms with van der Waals surface area (Å²) in [5, 5.41) is 21.0. The monoisotopic (exact) mass is 449 g/mol. The van der Waals surface area contributed by atoms with Gasteiger partial charge in [0.15, 0.2) is 17.4 Å². The molecule has 1 saturated heterocycles. The van der Waals surface area contributed by atoms with Gasteiger partial charge in [0, 0.05) is 0 Å². The quantitative estimate of drug-likeness (QED) is 0.343. The molecule has 10 nitrogen and oxygen atoms in total. The van der Waals surface area contributed by atoms with E-state index in [2.05, 4.69) is 27.1 Å². The van der Waals surface area contributed by atoms with E-state index in [9.17, 15) is 15.0 Å². The number of hydrogen-bond donors (Lipinski definition) is 4. The van der Waals surface area contributed by atoms with Crippen molar-refractivity contribution >= 4 is 17.1 Å². The first-order valence-corrected chi connectivity index (χ1v) is 10.5. The molecule has 2 aromatic carbocycles. The van der Waals surface area contributed by atoms with Gasteiger partial charge in [-0.2, -0.15) is 4.98 Å². The van der Waals surface area contributed by atoms with Crippen molar-refractivity contribution in [2.75, 3.05) is 12.3 Å². The highest BCUT2D eigenvalue weighted by Crippen LogP contribution is 2.31. The fraction of sp³-hybridized carbons (Fsp3) is 0.261. The van der Waals surface area contributed by atoms with Gasteiger partial charge in [0.25, 0.3) is 5.56 Å². The Kier molecular flexibility index (Phi) is 5.65. The van der Waals surface area contributed by atoms with E-state index in [1.165, 1.54) is 10.9 Å². The molecule has 2 aromatic heterocycles. The van der Waals surface area contributed by atoms with E-state index in [0.29, 0.717) is 6.61 Å². The zero-order chi connectivity index (χ0) is 22.9. The van der Waals surface area contributed by atoms with E-state index in [1.807, 2.05) is 42.5 Å². The zero-order valence-corrected chi connectivity index (χ0v) is 17.5. The maximum Gasteiger partial charge on any atom is 0.280 e. The van der Waals surface area contributed by atoms with E-state index in [-0.39, 0.29) is 23.7 Å². The minimum atomic E-state index is -1.26. The lowest BCUT2D eigenvalue weighted by Crippen LogP contribution is -2.33. The van der Waals surface area contributed by atoms with Crippen LogP contribution in [0.1, 0.15) is 11.8 Å². The highest BCUT2D eigenvalue weighted by molar-refractivity contribution is 5.70. The Labute approximate surface area is 188 Å². The van der Waals surface area contributed by atoms with Gasteiger partial charge in [-0.3, -0.25) is 14.3 Å². The second-order valence-corrected chi connectivity index (χ2v) is 7.90. The van der Waals surface area contributed by atoms with E-state index in [1.54, 1.807) is 0 Å². The molecule has 4 atom stereocenters. The number of ether oxygens (including phenoxy) is 2. The molecule has 0 aliphatic carbocycles. The number of nitrogens with one attached hydrogen (secondary N) is 1. The summed E-state index contributed by atoms with van der Waals surface area (Å²) in [5.41, 5.74) is 8.57. The van der Waals surface area contributed by atoms with Gasteiger partial charge in [-0.1, -0.05) is 54.6 Å². The number of aliphatic hydroxyl groups excluding tert-OH is 2. The summed E-state index contributed by atoms with van der Waals surface area (Å²) in [4.78, 5) is 22.4. The molecule has 0 spiro atoms. The first-order valence-electron chi connectivity index (χ1n) is 10.5. The summed E-state index contributed by atoms with van der Waals surface area (Å²) in [5.74, 6) is -0.0829. The Bertz CT molecular complexity index is 1300. The van der Waals surface area contributed by atoms with Crippen LogP contribution in [-0.4, -0.2) is 54.7 Å². The number of rotatable bonds is 6. The second-order valence-electron chi connectivity index (χ2n) is 7.90. The van der Waals surface area contributed by atoms with Gasteiger partial charge in [-0.15, -0.1) is 0 Å². The first kappa shape index (κ1) is 21.3. The predicted octanol–water partition coefficient (Wildman–Crippen LogP) is 1.20. The minimum absolute atomic E-state index is 0.0631. The molecule has 5 rings (SSSR count). The predicted molar refractivity (Wildman–Crippen MR) is 120 cm³/mol. The number of anilines is 1. The van der Waals surface area contributed by atoms with E-state index in [0.717, 1.165) is 16.7 Å². The average Bonchev–Trinajstić information content (AvgIpc) is 3.36. The summed E-state index contributed by atoms with van der Waals surface area (Å²) in [6, 6.07) is 18.1. The molecule has 33 heavy (non-hydrogen) atoms. The van der Waals surface area contributed by atoms with Crippen molar-refractivity contribution < 1.29 is 19.7 Å². The van der Waals surface area contributed by atoms with Crippen LogP contribution in [0.4, 0.5) is 5.95 Å². The number of benzene rings is 2. The third kappa shape index (κ3) is 4.12. The second kappa shape index (κ2) is 8.75. The number of nitrogens with zero attached hydrogens (tertiary/aromatic N) is 3. The molecule has 4 aromatic rings. The number of aliphatic hydroxyl groups is 2. The molecule has 0 radical (unpaired) electrons. The number of H-pyrrole nitrogens is 1. The minimum Gasteiger partial charge on any atom is -0.387 e. The number of aromatic amines is 1. The highest BCUT2D eigenvalue weighted by Gasteiger charge is 2.44. The smallest absolute Gasteiger partial charge is 0.280 e. The van der Waals surface area contributed by atoms with Gasteiger partial charge >= 0.3 is 0 Å². The van der Waals surface area contributed by atoms with Crippen LogP contribution in [0.2, 0.25) is 0 Å². The van der Waals surface area contributed by atoms with Crippen molar-refractivity contribution in [2.24, 2.45) is 0 Å². The Hall–Kier alpha value is -3.57. The largest absolute Gasteiger partial charge is 0.387 e. The maximum atomic E-state index is 12.0. The zero-order valence-electron chi connectivity index (χ0n) is 17.5. The van der Waals surface area contributed by atoms with Gasteiger partial charge in [-0.05, 0) is 16.7 Å². The first-order chi connectivity index (χ1) is 16.0. The number of fused-ring (bicyclic) bond motifs is 1. The molecular weight excluding hydrogens is 426 g/mol. The molecule has 0 unspecified atom stereocenters. The van der Waals surface area contributed by atoms with Crippen LogP contribution in [-0.2, 0) is 16.1 Å². The van der Waals surface area contributed by atoms with Crippen LogP contribution < -0.4 is 11.3 Å². The summed E-state index contributed by atoms with van der Waals surface area (Å²) in [6.07, 6.45) is -2.89. The third-order valence-corrected chi connectivity index (χ3v) is 5.67. The molecule has 1 fully saturated rings. The Morgan fingerprint density at radius 3 is 2.55 bits per heavy atom. The Morgan fingerprint density at radius 2 is 1.79 bits per heavy atom. The number of hydrogen-bond acceptors (Lipinski definition) is 8. The van der Waals surface area contributed by atoms with E-state index in [4.69, 9.17) is 15.2 Å². The molecule has 3 heterocycles. The summed E-state index contributed by atoms with van der Waals surface area (Å²) in [6.45, 7) is 0.391. The van der Waals surface area contributed by atoms with Crippen molar-refractivity contribution in [3.8, 4) is 11.1 Å². The Morgan fingerprint density at radius 1 is 1.06 bits per heavy atom. The van der Waals surface area contributed by atoms with Crippen LogP contribution in [0.15, 0.2) is 65.7 Å². The lowest BCUT2D eigenvalue weighted by molar-refractivity contribution is -0.0682. The van der Waals surface area contributed by atoms with Crippen molar-refractivity contribution in [2.45, 2.75) is 31.1 Å². The lowest BCUT2D eigenvalue weighted by Gasteiger charge is -2.16. The summed E-state index contributed by atoms with van der Waals surface area (Å²) < 4.78 is 13.0. The third-order valence-electron chi connectivity index (χ3n) is 5.67. The lowest BCUT2D eigenvalue weighted by atomic mass is 10.0. The van der Waals surface area contributed by atoms with Gasteiger partial charge < -0.3 is 25.4 Å². The molecule has 0 amide bonds. The van der Waals surface area contributed by atoms with Crippen molar-refractivity contribution in [1.82, 2.24) is 19.5 Å². The number of imidazole rings is 1. The number of aromatic nitrogens is 4. The fourth-order valence-electron chi connectivity index (χ4n) is 3.94. The molecule has 0 saturated carbocycles. The van der Waals surface area contributed by atoms with E-state index >= 15 is 0 Å². The van der Waals surface area contributed by atoms with Crippen LogP contribution in [0.5, 0.6) is 0 Å². The summed E-state index contributed by atoms with van der Waals surface area (Å²) >= 11 is 0. The van der Waals surface area contributed by atoms with Crippen LogP contribution in [0, 0.1) is 0 Å². The number of nitrogens with two attached hydrogens (primary N) is 1. The Balaban J connectivity index is 1.23. The molecule has 170 valence electrons. The topological polar surface area (TPSA) is 149 Å². The standard InChI is InChI=1S/C23H23N5O5/c24-23-26-20-17(21(31)27-23)25-12-28(20)22-19(30)18(29)16(33-22)11-32-10-13-6-8-15(9-7-13)14-4-2-1-3-5-14/h1-9,12,16,18-19,22,29-30H,10-11H2,(H3,24,26,27,31)/t16-,18-,19-,22-/m1/s1. The fourth-order valence-corrected chi connectivity index (χ4v) is 3.94. The maximum absolute atomic E-state index is 12.0.